The average Bonchev–Trinajstić information content (AvgIpc) is 2.71. The zero-order chi connectivity index (χ0) is 12.6. The van der Waals surface area contributed by atoms with Crippen LogP contribution in [0.5, 0.6) is 0 Å². The molecule has 94 valence electrons. The fraction of sp³-hybridized carbons (Fsp3) is 0.727. The van der Waals surface area contributed by atoms with Crippen LogP contribution in [0.25, 0.3) is 0 Å². The third-order valence-corrected chi connectivity index (χ3v) is 2.26. The fourth-order valence-corrected chi connectivity index (χ4v) is 1.30. The number of aliphatic hydroxyl groups is 2. The van der Waals surface area contributed by atoms with Gasteiger partial charge in [-0.25, -0.2) is 4.79 Å². The molecule has 0 radical (unpaired) electrons. The molecule has 0 aromatic carbocycles. The van der Waals surface area contributed by atoms with Gasteiger partial charge in [-0.1, -0.05) is 6.58 Å². The molecule has 3 N–H and O–H groups in total. The maximum atomic E-state index is 9.26. The summed E-state index contributed by atoms with van der Waals surface area (Å²) in [6.07, 6.45) is 2.40. The van der Waals surface area contributed by atoms with Crippen LogP contribution in [0.15, 0.2) is 12.7 Å². The first-order chi connectivity index (χ1) is 7.47. The second-order valence-corrected chi connectivity index (χ2v) is 3.72. The Morgan fingerprint density at radius 3 is 2.50 bits per heavy atom. The van der Waals surface area contributed by atoms with Gasteiger partial charge < -0.3 is 20.1 Å². The van der Waals surface area contributed by atoms with Gasteiger partial charge in [0.05, 0.1) is 18.3 Å². The summed E-state index contributed by atoms with van der Waals surface area (Å²) in [6, 6.07) is 0. The van der Waals surface area contributed by atoms with Crippen molar-refractivity contribution >= 4 is 5.97 Å². The minimum Gasteiger partial charge on any atom is -0.478 e. The Labute approximate surface area is 95.4 Å². The molecule has 0 saturated carbocycles. The number of carbonyl (C=O) groups is 1. The van der Waals surface area contributed by atoms with E-state index in [1.807, 2.05) is 0 Å². The Balaban J connectivity index is 0.000000385. The molecular weight excluding hydrogens is 212 g/mol. The van der Waals surface area contributed by atoms with Crippen molar-refractivity contribution in [3.05, 3.63) is 12.7 Å². The van der Waals surface area contributed by atoms with E-state index in [9.17, 15) is 9.90 Å². The highest BCUT2D eigenvalue weighted by atomic mass is 16.5. The molecule has 0 aromatic rings. The van der Waals surface area contributed by atoms with Crippen molar-refractivity contribution in [1.82, 2.24) is 0 Å². The molecule has 5 nitrogen and oxygen atoms in total. The summed E-state index contributed by atoms with van der Waals surface area (Å²) in [4.78, 5) is 9.25. The van der Waals surface area contributed by atoms with Crippen LogP contribution in [0.2, 0.25) is 0 Å². The van der Waals surface area contributed by atoms with Gasteiger partial charge in [-0.05, 0) is 19.8 Å². The summed E-state index contributed by atoms with van der Waals surface area (Å²) in [5.74, 6) is -0.981. The van der Waals surface area contributed by atoms with Crippen molar-refractivity contribution < 1.29 is 24.9 Å². The van der Waals surface area contributed by atoms with Gasteiger partial charge in [0.15, 0.2) is 0 Å². The van der Waals surface area contributed by atoms with E-state index in [0.29, 0.717) is 6.42 Å². The molecular formula is C11H20O5. The molecule has 0 bridgehead atoms. The molecule has 5 heteroatoms. The van der Waals surface area contributed by atoms with Crippen LogP contribution in [-0.2, 0) is 9.53 Å². The lowest BCUT2D eigenvalue weighted by Crippen LogP contribution is -2.27. The average molecular weight is 232 g/mol. The van der Waals surface area contributed by atoms with Crippen LogP contribution < -0.4 is 0 Å². The number of carboxylic acid groups (broad SMARTS) is 1. The van der Waals surface area contributed by atoms with Crippen LogP contribution in [0.3, 0.4) is 0 Å². The Bertz CT molecular complexity index is 208. The number of ether oxygens (including phenoxy) is 1. The molecule has 3 unspecified atom stereocenters. The van der Waals surface area contributed by atoms with Gasteiger partial charge >= 0.3 is 5.97 Å². The predicted octanol–water partition coefficient (Wildman–Crippen LogP) is 0.554. The van der Waals surface area contributed by atoms with Crippen LogP contribution >= 0.6 is 0 Å². The van der Waals surface area contributed by atoms with Crippen molar-refractivity contribution in [2.75, 3.05) is 6.61 Å². The number of rotatable bonds is 4. The molecule has 1 fully saturated rings. The molecule has 3 atom stereocenters. The molecule has 1 rings (SSSR count). The Morgan fingerprint density at radius 1 is 1.62 bits per heavy atom. The van der Waals surface area contributed by atoms with E-state index in [2.05, 4.69) is 6.58 Å². The smallest absolute Gasteiger partial charge is 0.327 e. The van der Waals surface area contributed by atoms with E-state index >= 15 is 0 Å². The highest BCUT2D eigenvalue weighted by Crippen LogP contribution is 2.17. The van der Waals surface area contributed by atoms with E-state index in [4.69, 9.17) is 14.9 Å². The second-order valence-electron chi connectivity index (χ2n) is 3.72. The van der Waals surface area contributed by atoms with Gasteiger partial charge in [-0.3, -0.25) is 0 Å². The number of aliphatic carboxylic acids is 1. The number of hydrogen-bond acceptors (Lipinski definition) is 4. The molecule has 0 aromatic heterocycles. The van der Waals surface area contributed by atoms with Crippen molar-refractivity contribution in [2.45, 2.75) is 44.5 Å². The predicted molar refractivity (Wildman–Crippen MR) is 59.1 cm³/mol. The zero-order valence-electron chi connectivity index (χ0n) is 9.50. The molecule has 1 saturated heterocycles. The fourth-order valence-electron chi connectivity index (χ4n) is 1.30. The summed E-state index contributed by atoms with van der Waals surface area (Å²) in [7, 11) is 0. The molecule has 16 heavy (non-hydrogen) atoms. The summed E-state index contributed by atoms with van der Waals surface area (Å²) in [5.41, 5.74) is 0. The quantitative estimate of drug-likeness (QED) is 0.616. The lowest BCUT2D eigenvalue weighted by Gasteiger charge is -2.17. The summed E-state index contributed by atoms with van der Waals surface area (Å²) in [5, 5.41) is 25.8. The first kappa shape index (κ1) is 15.1. The van der Waals surface area contributed by atoms with Gasteiger partial charge in [0, 0.05) is 19.1 Å². The molecule has 0 amide bonds. The number of aliphatic hydroxyl groups excluding tert-OH is 2. The zero-order valence-corrected chi connectivity index (χ0v) is 9.50. The highest BCUT2D eigenvalue weighted by molar-refractivity contribution is 5.78. The van der Waals surface area contributed by atoms with E-state index in [0.717, 1.165) is 25.5 Å². The van der Waals surface area contributed by atoms with Crippen LogP contribution in [0.1, 0.15) is 26.2 Å². The molecule has 1 heterocycles. The summed E-state index contributed by atoms with van der Waals surface area (Å²) < 4.78 is 5.30. The second kappa shape index (κ2) is 8.27. The molecule has 0 spiro atoms. The van der Waals surface area contributed by atoms with Gasteiger partial charge in [-0.15, -0.1) is 0 Å². The lowest BCUT2D eigenvalue weighted by atomic mass is 10.1. The van der Waals surface area contributed by atoms with E-state index < -0.39 is 18.2 Å². The Hall–Kier alpha value is -0.910. The Morgan fingerprint density at radius 2 is 2.19 bits per heavy atom. The van der Waals surface area contributed by atoms with E-state index in [-0.39, 0.29) is 6.10 Å². The van der Waals surface area contributed by atoms with Gasteiger partial charge in [0.1, 0.15) is 0 Å². The molecule has 0 aliphatic carbocycles. The maximum absolute atomic E-state index is 9.26. The number of carboxylic acids is 1. The topological polar surface area (TPSA) is 87.0 Å². The standard InChI is InChI=1S/C8H16O3.C3H4O2/c1-6(9)8(10)5-7-3-2-4-11-7;1-2-3(4)5/h6-10H,2-5H2,1H3;2H,1H2,(H,4,5). The van der Waals surface area contributed by atoms with Crippen LogP contribution in [0.4, 0.5) is 0 Å². The minimum atomic E-state index is -0.981. The van der Waals surface area contributed by atoms with Crippen molar-refractivity contribution in [3.8, 4) is 0 Å². The minimum absolute atomic E-state index is 0.166. The monoisotopic (exact) mass is 232 g/mol. The largest absolute Gasteiger partial charge is 0.478 e. The van der Waals surface area contributed by atoms with Gasteiger partial charge in [0.2, 0.25) is 0 Å². The van der Waals surface area contributed by atoms with Crippen molar-refractivity contribution in [1.29, 1.82) is 0 Å². The van der Waals surface area contributed by atoms with E-state index in [1.54, 1.807) is 6.92 Å². The van der Waals surface area contributed by atoms with Gasteiger partial charge in [-0.2, -0.15) is 0 Å². The van der Waals surface area contributed by atoms with Crippen LogP contribution in [-0.4, -0.2) is 46.2 Å². The molecule has 1 aliphatic heterocycles. The highest BCUT2D eigenvalue weighted by Gasteiger charge is 2.21. The first-order valence-corrected chi connectivity index (χ1v) is 5.30. The van der Waals surface area contributed by atoms with Crippen molar-refractivity contribution in [2.24, 2.45) is 0 Å². The first-order valence-electron chi connectivity index (χ1n) is 5.30. The summed E-state index contributed by atoms with van der Waals surface area (Å²) >= 11 is 0. The molecule has 1 aliphatic rings. The SMILES string of the molecule is C=CC(=O)O.CC(O)C(O)CC1CCCO1. The summed E-state index contributed by atoms with van der Waals surface area (Å²) in [6.45, 7) is 5.36. The third kappa shape index (κ3) is 7.39. The normalized spacial score (nSPS) is 22.8. The Kier molecular flexibility index (Phi) is 7.80. The lowest BCUT2D eigenvalue weighted by molar-refractivity contribution is -0.131. The van der Waals surface area contributed by atoms with Gasteiger partial charge in [0.25, 0.3) is 0 Å². The van der Waals surface area contributed by atoms with Crippen molar-refractivity contribution in [3.63, 3.8) is 0 Å². The van der Waals surface area contributed by atoms with E-state index in [1.165, 1.54) is 0 Å². The maximum Gasteiger partial charge on any atom is 0.327 e. The number of hydrogen-bond donors (Lipinski definition) is 3. The third-order valence-electron chi connectivity index (χ3n) is 2.26. The van der Waals surface area contributed by atoms with Crippen LogP contribution in [0, 0.1) is 0 Å².